The lowest BCUT2D eigenvalue weighted by Gasteiger charge is -2.35. The molecule has 3 rings (SSSR count). The average molecular weight is 440 g/mol. The zero-order chi connectivity index (χ0) is 20.5. The fourth-order valence-corrected chi connectivity index (χ4v) is 5.37. The molecule has 7 heteroatoms. The molecule has 1 aliphatic heterocycles. The second-order valence-corrected chi connectivity index (χ2v) is 9.64. The van der Waals surface area contributed by atoms with E-state index in [2.05, 4.69) is 21.9 Å². The molecule has 1 saturated carbocycles. The Labute approximate surface area is 184 Å². The molecule has 0 unspecified atom stereocenters. The van der Waals surface area contributed by atoms with Crippen molar-refractivity contribution in [3.63, 3.8) is 0 Å². The van der Waals surface area contributed by atoms with E-state index in [0.717, 1.165) is 88.6 Å². The summed E-state index contributed by atoms with van der Waals surface area (Å²) in [5, 5.41) is 10.3. The second kappa shape index (κ2) is 12.0. The maximum atomic E-state index is 11.6. The molecular weight excluding hydrogens is 406 g/mol. The van der Waals surface area contributed by atoms with E-state index in [4.69, 9.17) is 11.6 Å². The summed E-state index contributed by atoms with van der Waals surface area (Å²) in [6, 6.07) is 8.38. The summed E-state index contributed by atoms with van der Waals surface area (Å²) in [5.41, 5.74) is 1.34. The van der Waals surface area contributed by atoms with Crippen molar-refractivity contribution in [3.8, 4) is 0 Å². The van der Waals surface area contributed by atoms with Gasteiger partial charge >= 0.3 is 6.09 Å². The Kier molecular flexibility index (Phi) is 9.43. The number of rotatable bonds is 9. The first kappa shape index (κ1) is 22.7. The molecule has 0 atom stereocenters. The molecule has 1 amide bonds. The number of halogens is 1. The molecule has 1 saturated heterocycles. The van der Waals surface area contributed by atoms with E-state index in [-0.39, 0.29) is 6.04 Å². The van der Waals surface area contributed by atoms with Crippen LogP contribution in [0.1, 0.15) is 44.1 Å². The van der Waals surface area contributed by atoms with E-state index in [1.54, 1.807) is 4.31 Å². The van der Waals surface area contributed by atoms with Gasteiger partial charge in [0, 0.05) is 49.5 Å². The predicted molar refractivity (Wildman–Crippen MR) is 122 cm³/mol. The summed E-state index contributed by atoms with van der Waals surface area (Å²) < 4.78 is 1.63. The molecule has 0 radical (unpaired) electrons. The highest BCUT2D eigenvalue weighted by molar-refractivity contribution is 7.97. The van der Waals surface area contributed by atoms with Crippen molar-refractivity contribution in [3.05, 3.63) is 34.9 Å². The highest BCUT2D eigenvalue weighted by atomic mass is 35.5. The van der Waals surface area contributed by atoms with Crippen LogP contribution < -0.4 is 0 Å². The number of hydrogen-bond donors (Lipinski definition) is 1. The van der Waals surface area contributed by atoms with Crippen molar-refractivity contribution < 1.29 is 9.90 Å². The number of carboxylic acid groups (broad SMARTS) is 1. The monoisotopic (exact) mass is 439 g/mol. The van der Waals surface area contributed by atoms with E-state index < -0.39 is 6.09 Å². The minimum atomic E-state index is -0.767. The van der Waals surface area contributed by atoms with Gasteiger partial charge in [-0.05, 0) is 61.9 Å². The Balaban J connectivity index is 1.28. The van der Waals surface area contributed by atoms with Gasteiger partial charge < -0.3 is 14.9 Å². The van der Waals surface area contributed by atoms with E-state index in [9.17, 15) is 9.90 Å². The van der Waals surface area contributed by atoms with Crippen molar-refractivity contribution in [1.29, 1.82) is 0 Å². The number of nitrogens with zero attached hydrogens (tertiary/aromatic N) is 3. The van der Waals surface area contributed by atoms with Gasteiger partial charge in [-0.25, -0.2) is 9.10 Å². The van der Waals surface area contributed by atoms with Crippen molar-refractivity contribution in [2.75, 3.05) is 45.0 Å². The fourth-order valence-electron chi connectivity index (χ4n) is 4.26. The normalized spacial score (nSPS) is 19.3. The highest BCUT2D eigenvalue weighted by Crippen LogP contribution is 2.28. The topological polar surface area (TPSA) is 47.0 Å². The molecule has 1 aromatic carbocycles. The molecule has 0 aromatic heterocycles. The van der Waals surface area contributed by atoms with Crippen LogP contribution in [0.2, 0.25) is 5.02 Å². The summed E-state index contributed by atoms with van der Waals surface area (Å²) in [4.78, 5) is 16.6. The lowest BCUT2D eigenvalue weighted by atomic mass is 9.96. The van der Waals surface area contributed by atoms with Gasteiger partial charge in [-0.15, -0.1) is 0 Å². The Morgan fingerprint density at radius 2 is 1.66 bits per heavy atom. The van der Waals surface area contributed by atoms with Gasteiger partial charge in [0.15, 0.2) is 0 Å². The van der Waals surface area contributed by atoms with Gasteiger partial charge in [-0.3, -0.25) is 0 Å². The van der Waals surface area contributed by atoms with Crippen molar-refractivity contribution in [2.24, 2.45) is 0 Å². The number of carbonyl (C=O) groups is 1. The van der Waals surface area contributed by atoms with Crippen LogP contribution >= 0.6 is 23.5 Å². The first-order chi connectivity index (χ1) is 14.1. The zero-order valence-corrected chi connectivity index (χ0v) is 18.8. The molecule has 1 aliphatic carbocycles. The molecule has 0 spiro atoms. The Bertz CT molecular complexity index is 617. The van der Waals surface area contributed by atoms with E-state index >= 15 is 0 Å². The van der Waals surface area contributed by atoms with E-state index in [1.807, 2.05) is 12.1 Å². The Morgan fingerprint density at radius 3 is 2.28 bits per heavy atom. The minimum absolute atomic E-state index is 0.218. The van der Waals surface area contributed by atoms with Crippen molar-refractivity contribution >= 4 is 29.6 Å². The molecule has 2 aliphatic rings. The summed E-state index contributed by atoms with van der Waals surface area (Å²) in [5.74, 6) is 0.888. The minimum Gasteiger partial charge on any atom is -0.464 e. The molecule has 0 bridgehead atoms. The largest absolute Gasteiger partial charge is 0.464 e. The summed E-state index contributed by atoms with van der Waals surface area (Å²) in [7, 11) is 0. The van der Waals surface area contributed by atoms with Crippen LogP contribution in [0, 0.1) is 0 Å². The maximum absolute atomic E-state index is 11.6. The smallest absolute Gasteiger partial charge is 0.417 e. The van der Waals surface area contributed by atoms with Gasteiger partial charge in [0.05, 0.1) is 0 Å². The summed E-state index contributed by atoms with van der Waals surface area (Å²) in [6.07, 6.45) is 6.98. The summed E-state index contributed by atoms with van der Waals surface area (Å²) >= 11 is 7.47. The van der Waals surface area contributed by atoms with Gasteiger partial charge in [-0.1, -0.05) is 43.0 Å². The lowest BCUT2D eigenvalue weighted by Crippen LogP contribution is -2.47. The quantitative estimate of drug-likeness (QED) is 0.440. The van der Waals surface area contributed by atoms with Crippen LogP contribution in [0.4, 0.5) is 4.79 Å². The molecule has 162 valence electrons. The first-order valence-electron chi connectivity index (χ1n) is 11.0. The van der Waals surface area contributed by atoms with Crippen LogP contribution in [0.3, 0.4) is 0 Å². The molecule has 1 aromatic rings. The third kappa shape index (κ3) is 7.67. The zero-order valence-electron chi connectivity index (χ0n) is 17.3. The number of benzene rings is 1. The molecule has 2 fully saturated rings. The third-order valence-corrected chi connectivity index (χ3v) is 7.49. The van der Waals surface area contributed by atoms with Gasteiger partial charge in [0.2, 0.25) is 0 Å². The van der Waals surface area contributed by atoms with Crippen LogP contribution in [0.25, 0.3) is 0 Å². The first-order valence-corrected chi connectivity index (χ1v) is 12.3. The molecular formula is C22H34ClN3O2S. The number of piperazine rings is 1. The van der Waals surface area contributed by atoms with Crippen LogP contribution in [0.15, 0.2) is 24.3 Å². The van der Waals surface area contributed by atoms with E-state index in [0.29, 0.717) is 0 Å². The average Bonchev–Trinajstić information content (AvgIpc) is 2.74. The Hall–Kier alpha value is -0.950. The standard InChI is InChI=1S/C22H34ClN3O2S/c23-20-9-7-19(8-10-20)11-13-25-16-14-24(15-17-25)12-4-18-29-26(22(27)28)21-5-2-1-3-6-21/h7-10,21H,1-6,11-18H2,(H,27,28). The van der Waals surface area contributed by atoms with Crippen LogP contribution in [-0.4, -0.2) is 76.4 Å². The molecule has 29 heavy (non-hydrogen) atoms. The van der Waals surface area contributed by atoms with Gasteiger partial charge in [0.25, 0.3) is 0 Å². The molecule has 5 nitrogen and oxygen atoms in total. The third-order valence-electron chi connectivity index (χ3n) is 6.04. The lowest BCUT2D eigenvalue weighted by molar-refractivity contribution is 0.134. The van der Waals surface area contributed by atoms with Crippen LogP contribution in [-0.2, 0) is 6.42 Å². The second-order valence-electron chi connectivity index (χ2n) is 8.15. The molecule has 1 heterocycles. The fraction of sp³-hybridized carbons (Fsp3) is 0.682. The van der Waals surface area contributed by atoms with Crippen molar-refractivity contribution in [1.82, 2.24) is 14.1 Å². The SMILES string of the molecule is O=C(O)N(SCCCN1CCN(CCc2ccc(Cl)cc2)CC1)C1CCCCC1. The predicted octanol–water partition coefficient (Wildman–Crippen LogP) is 4.85. The highest BCUT2D eigenvalue weighted by Gasteiger charge is 2.25. The number of amides is 1. The van der Waals surface area contributed by atoms with Crippen molar-refractivity contribution in [2.45, 2.75) is 51.0 Å². The van der Waals surface area contributed by atoms with Crippen LogP contribution in [0.5, 0.6) is 0 Å². The molecule has 1 N–H and O–H groups in total. The van der Waals surface area contributed by atoms with Gasteiger partial charge in [-0.2, -0.15) is 0 Å². The van der Waals surface area contributed by atoms with E-state index in [1.165, 1.54) is 23.9 Å². The Morgan fingerprint density at radius 1 is 1.03 bits per heavy atom. The number of hydrogen-bond acceptors (Lipinski definition) is 4. The van der Waals surface area contributed by atoms with Gasteiger partial charge in [0.1, 0.15) is 0 Å². The maximum Gasteiger partial charge on any atom is 0.417 e. The summed E-state index contributed by atoms with van der Waals surface area (Å²) in [6.45, 7) is 6.61.